The van der Waals surface area contributed by atoms with E-state index >= 15 is 0 Å². The maximum absolute atomic E-state index is 10.7. The molecular formula is C13H12ClNO3. The molecule has 0 bridgehead atoms. The van der Waals surface area contributed by atoms with Crippen LogP contribution in [0.3, 0.4) is 0 Å². The minimum atomic E-state index is -0.932. The molecule has 0 amide bonds. The van der Waals surface area contributed by atoms with Crippen molar-refractivity contribution in [2.24, 2.45) is 0 Å². The molecular weight excluding hydrogens is 254 g/mol. The molecule has 4 nitrogen and oxygen atoms in total. The summed E-state index contributed by atoms with van der Waals surface area (Å²) in [5.41, 5.74) is 1.96. The highest BCUT2D eigenvalue weighted by molar-refractivity contribution is 6.16. The van der Waals surface area contributed by atoms with Gasteiger partial charge in [-0.15, -0.1) is 11.6 Å². The number of carboxylic acid groups (broad SMARTS) is 1. The van der Waals surface area contributed by atoms with E-state index in [9.17, 15) is 4.79 Å². The zero-order chi connectivity index (χ0) is 13.1. The topological polar surface area (TPSA) is 63.3 Å². The molecule has 2 rings (SSSR count). The number of halogens is 1. The van der Waals surface area contributed by atoms with Gasteiger partial charge in [-0.2, -0.15) is 0 Å². The van der Waals surface area contributed by atoms with E-state index in [0.29, 0.717) is 18.2 Å². The average Bonchev–Trinajstić information content (AvgIpc) is 2.70. The minimum absolute atomic E-state index is 0.267. The smallest absolute Gasteiger partial charge is 0.335 e. The number of nitrogens with zero attached hydrogens (tertiary/aromatic N) is 1. The molecule has 2 aromatic rings. The maximum Gasteiger partial charge on any atom is 0.335 e. The minimum Gasteiger partial charge on any atom is -0.478 e. The third-order valence-corrected chi connectivity index (χ3v) is 2.87. The maximum atomic E-state index is 10.7. The van der Waals surface area contributed by atoms with Crippen LogP contribution in [-0.4, -0.2) is 16.1 Å². The van der Waals surface area contributed by atoms with Crippen molar-refractivity contribution in [3.8, 4) is 0 Å². The largest absolute Gasteiger partial charge is 0.478 e. The first kappa shape index (κ1) is 12.6. The lowest BCUT2D eigenvalue weighted by Gasteiger charge is -1.98. The first-order valence-electron chi connectivity index (χ1n) is 5.43. The van der Waals surface area contributed by atoms with Crippen molar-refractivity contribution in [2.75, 3.05) is 0 Å². The Morgan fingerprint density at radius 3 is 2.56 bits per heavy atom. The van der Waals surface area contributed by atoms with Crippen LogP contribution in [0.2, 0.25) is 0 Å². The molecule has 0 atom stereocenters. The monoisotopic (exact) mass is 265 g/mol. The van der Waals surface area contributed by atoms with Crippen LogP contribution in [0.4, 0.5) is 0 Å². The first-order valence-corrected chi connectivity index (χ1v) is 5.97. The molecule has 0 unspecified atom stereocenters. The van der Waals surface area contributed by atoms with E-state index in [4.69, 9.17) is 21.1 Å². The van der Waals surface area contributed by atoms with Crippen LogP contribution in [0, 0.1) is 6.92 Å². The van der Waals surface area contributed by atoms with Crippen LogP contribution in [0.1, 0.15) is 33.3 Å². The molecule has 0 aliphatic heterocycles. The second-order valence-electron chi connectivity index (χ2n) is 3.92. The van der Waals surface area contributed by atoms with Gasteiger partial charge in [0.25, 0.3) is 0 Å². The van der Waals surface area contributed by atoms with E-state index < -0.39 is 5.97 Å². The Bertz CT molecular complexity index is 560. The predicted molar refractivity (Wildman–Crippen MR) is 67.0 cm³/mol. The van der Waals surface area contributed by atoms with Gasteiger partial charge in [0, 0.05) is 6.42 Å². The summed E-state index contributed by atoms with van der Waals surface area (Å²) < 4.78 is 5.48. The van der Waals surface area contributed by atoms with Gasteiger partial charge in [0.1, 0.15) is 5.76 Å². The van der Waals surface area contributed by atoms with Crippen molar-refractivity contribution in [1.29, 1.82) is 0 Å². The molecule has 0 fully saturated rings. The van der Waals surface area contributed by atoms with Gasteiger partial charge in [-0.05, 0) is 24.6 Å². The summed E-state index contributed by atoms with van der Waals surface area (Å²) >= 11 is 5.72. The molecule has 1 aromatic heterocycles. The average molecular weight is 266 g/mol. The van der Waals surface area contributed by atoms with Gasteiger partial charge in [0.15, 0.2) is 5.89 Å². The summed E-state index contributed by atoms with van der Waals surface area (Å²) in [5, 5.41) is 8.79. The number of alkyl halides is 1. The van der Waals surface area contributed by atoms with E-state index in [1.54, 1.807) is 24.3 Å². The fourth-order valence-electron chi connectivity index (χ4n) is 1.63. The molecule has 94 valence electrons. The summed E-state index contributed by atoms with van der Waals surface area (Å²) in [6, 6.07) is 6.64. The third-order valence-electron chi connectivity index (χ3n) is 2.62. The van der Waals surface area contributed by atoms with Crippen LogP contribution in [0.25, 0.3) is 0 Å². The molecule has 5 heteroatoms. The summed E-state index contributed by atoms with van der Waals surface area (Å²) in [5.74, 6) is 0.708. The zero-order valence-electron chi connectivity index (χ0n) is 9.81. The fourth-order valence-corrected chi connectivity index (χ4v) is 1.88. The fraction of sp³-hybridized carbons (Fsp3) is 0.231. The van der Waals surface area contributed by atoms with Crippen LogP contribution in [0.5, 0.6) is 0 Å². The molecule has 0 spiro atoms. The van der Waals surface area contributed by atoms with Crippen LogP contribution in [-0.2, 0) is 12.3 Å². The summed E-state index contributed by atoms with van der Waals surface area (Å²) in [7, 11) is 0. The van der Waals surface area contributed by atoms with Gasteiger partial charge in [-0.1, -0.05) is 12.1 Å². The highest BCUT2D eigenvalue weighted by Gasteiger charge is 2.09. The van der Waals surface area contributed by atoms with Crippen molar-refractivity contribution in [3.63, 3.8) is 0 Å². The highest BCUT2D eigenvalue weighted by Crippen LogP contribution is 2.16. The van der Waals surface area contributed by atoms with Crippen molar-refractivity contribution in [3.05, 3.63) is 52.7 Å². The predicted octanol–water partition coefficient (Wildman–Crippen LogP) is 3.01. The number of oxazole rings is 1. The van der Waals surface area contributed by atoms with E-state index in [2.05, 4.69) is 4.98 Å². The van der Waals surface area contributed by atoms with Crippen molar-refractivity contribution in [2.45, 2.75) is 19.2 Å². The molecule has 0 saturated carbocycles. The molecule has 1 N–H and O–H groups in total. The second-order valence-corrected chi connectivity index (χ2v) is 4.19. The lowest BCUT2D eigenvalue weighted by Crippen LogP contribution is -1.96. The zero-order valence-corrected chi connectivity index (χ0v) is 10.6. The summed E-state index contributed by atoms with van der Waals surface area (Å²) in [4.78, 5) is 15.0. The second kappa shape index (κ2) is 5.23. The number of hydrogen-bond donors (Lipinski definition) is 1. The van der Waals surface area contributed by atoms with Gasteiger partial charge in [0.05, 0.1) is 17.1 Å². The number of rotatable bonds is 4. The lowest BCUT2D eigenvalue weighted by molar-refractivity contribution is 0.0697. The number of carbonyl (C=O) groups is 1. The SMILES string of the molecule is Cc1oc(Cc2ccc(C(=O)O)cc2)nc1CCl. The highest BCUT2D eigenvalue weighted by atomic mass is 35.5. The standard InChI is InChI=1S/C13H12ClNO3/c1-8-11(7-14)15-12(18-8)6-9-2-4-10(5-3-9)13(16)17/h2-5H,6-7H2,1H3,(H,16,17). The molecule has 0 aliphatic carbocycles. The molecule has 18 heavy (non-hydrogen) atoms. The van der Waals surface area contributed by atoms with Crippen molar-refractivity contribution < 1.29 is 14.3 Å². The molecule has 0 saturated heterocycles. The van der Waals surface area contributed by atoms with E-state index in [1.165, 1.54) is 0 Å². The Balaban J connectivity index is 2.15. The quantitative estimate of drug-likeness (QED) is 0.863. The number of hydrogen-bond acceptors (Lipinski definition) is 3. The number of carboxylic acids is 1. The number of aryl methyl sites for hydroxylation is 1. The van der Waals surface area contributed by atoms with Gasteiger partial charge >= 0.3 is 5.97 Å². The summed E-state index contributed by atoms with van der Waals surface area (Å²) in [6.07, 6.45) is 0.525. The Morgan fingerprint density at radius 2 is 2.06 bits per heavy atom. The van der Waals surface area contributed by atoms with Crippen LogP contribution >= 0.6 is 11.6 Å². The van der Waals surface area contributed by atoms with Crippen LogP contribution < -0.4 is 0 Å². The Labute approximate surface area is 109 Å². The number of aromatic nitrogens is 1. The normalized spacial score (nSPS) is 10.6. The third kappa shape index (κ3) is 2.71. The van der Waals surface area contributed by atoms with E-state index in [1.807, 2.05) is 6.92 Å². The summed E-state index contributed by atoms with van der Waals surface area (Å²) in [6.45, 7) is 1.82. The number of benzene rings is 1. The molecule has 0 aliphatic rings. The van der Waals surface area contributed by atoms with Crippen molar-refractivity contribution >= 4 is 17.6 Å². The Hall–Kier alpha value is -1.81. The Morgan fingerprint density at radius 1 is 1.39 bits per heavy atom. The van der Waals surface area contributed by atoms with Gasteiger partial charge < -0.3 is 9.52 Å². The molecule has 0 radical (unpaired) electrons. The Kier molecular flexibility index (Phi) is 3.67. The lowest BCUT2D eigenvalue weighted by atomic mass is 10.1. The molecule has 1 heterocycles. The van der Waals surface area contributed by atoms with Gasteiger partial charge in [-0.3, -0.25) is 0 Å². The number of aromatic carboxylic acids is 1. The molecule has 1 aromatic carbocycles. The van der Waals surface area contributed by atoms with E-state index in [0.717, 1.165) is 17.0 Å². The van der Waals surface area contributed by atoms with E-state index in [-0.39, 0.29) is 5.56 Å². The van der Waals surface area contributed by atoms with Gasteiger partial charge in [0.2, 0.25) is 0 Å². The van der Waals surface area contributed by atoms with Crippen molar-refractivity contribution in [1.82, 2.24) is 4.98 Å². The first-order chi connectivity index (χ1) is 8.60. The van der Waals surface area contributed by atoms with Gasteiger partial charge in [-0.25, -0.2) is 9.78 Å². The van der Waals surface area contributed by atoms with Crippen LogP contribution in [0.15, 0.2) is 28.7 Å².